The van der Waals surface area contributed by atoms with Crippen LogP contribution in [0.25, 0.3) is 22.3 Å². The molecule has 10 heteroatoms. The fraction of sp³-hybridized carbons (Fsp3) is 0.192. The number of rotatable bonds is 8. The molecule has 5 rings (SSSR count). The molecule has 1 fully saturated rings. The minimum Gasteiger partial charge on any atom is -0.457 e. The summed E-state index contributed by atoms with van der Waals surface area (Å²) in [5.41, 5.74) is 7.12. The molecular weight excluding hydrogens is 461 g/mol. The van der Waals surface area contributed by atoms with Gasteiger partial charge < -0.3 is 15.8 Å². The molecule has 0 spiro atoms. The Hall–Kier alpha value is -4.78. The molecule has 0 saturated heterocycles. The number of amides is 1. The van der Waals surface area contributed by atoms with Gasteiger partial charge in [0.1, 0.15) is 46.8 Å². The topological polar surface area (TPSA) is 132 Å². The van der Waals surface area contributed by atoms with Crippen LogP contribution in [0, 0.1) is 23.1 Å². The molecule has 1 aliphatic carbocycles. The Kier molecular flexibility index (Phi) is 6.28. The largest absolute Gasteiger partial charge is 0.457 e. The predicted molar refractivity (Wildman–Crippen MR) is 131 cm³/mol. The van der Waals surface area contributed by atoms with Gasteiger partial charge in [-0.3, -0.25) is 4.79 Å². The van der Waals surface area contributed by atoms with Gasteiger partial charge >= 0.3 is 0 Å². The quantitative estimate of drug-likeness (QED) is 0.286. The standard InChI is InChI=1S/C26H22FN7O2/c27-21-13-19(36-18-4-2-1-3-5-18)8-9-20(21)23-22-24(29)31-15-32-25(22)34(33-23)11-10-30-26(35)17(14-28)12-16-6-7-16/h1-5,8-9,12-13,15-16H,6-7,10-11H2,(H,30,35)(H2,29,31,32)/b17-12+. The van der Waals surface area contributed by atoms with Gasteiger partial charge in [0.15, 0.2) is 5.65 Å². The number of hydrogen-bond acceptors (Lipinski definition) is 7. The molecule has 1 aliphatic rings. The van der Waals surface area contributed by atoms with E-state index < -0.39 is 11.7 Å². The summed E-state index contributed by atoms with van der Waals surface area (Å²) in [4.78, 5) is 20.7. The van der Waals surface area contributed by atoms with Crippen molar-refractivity contribution in [1.29, 1.82) is 5.26 Å². The number of nitrogen functional groups attached to an aromatic ring is 1. The van der Waals surface area contributed by atoms with Crippen molar-refractivity contribution in [3.8, 4) is 28.8 Å². The van der Waals surface area contributed by atoms with Crippen LogP contribution in [-0.4, -0.2) is 32.2 Å². The summed E-state index contributed by atoms with van der Waals surface area (Å²) in [5, 5.41) is 16.9. The van der Waals surface area contributed by atoms with Crippen LogP contribution in [0.2, 0.25) is 0 Å². The number of nitrogens with one attached hydrogen (secondary N) is 1. The van der Waals surface area contributed by atoms with E-state index in [4.69, 9.17) is 10.5 Å². The highest BCUT2D eigenvalue weighted by Crippen LogP contribution is 2.34. The van der Waals surface area contributed by atoms with Gasteiger partial charge in [0.05, 0.1) is 11.9 Å². The first-order chi connectivity index (χ1) is 17.5. The summed E-state index contributed by atoms with van der Waals surface area (Å²) in [6.45, 7) is 0.423. The second-order valence-electron chi connectivity index (χ2n) is 8.37. The lowest BCUT2D eigenvalue weighted by molar-refractivity contribution is -0.117. The summed E-state index contributed by atoms with van der Waals surface area (Å²) in [6.07, 6.45) is 5.01. The third kappa shape index (κ3) is 4.86. The molecule has 4 aromatic rings. The number of allylic oxidation sites excluding steroid dienone is 1. The van der Waals surface area contributed by atoms with Gasteiger partial charge in [-0.15, -0.1) is 0 Å². The lowest BCUT2D eigenvalue weighted by atomic mass is 10.1. The molecule has 2 aromatic carbocycles. The number of benzene rings is 2. The number of nitrogens with zero attached hydrogens (tertiary/aromatic N) is 5. The van der Waals surface area contributed by atoms with Crippen molar-refractivity contribution in [3.05, 3.63) is 72.3 Å². The molecule has 0 aliphatic heterocycles. The summed E-state index contributed by atoms with van der Waals surface area (Å²) in [7, 11) is 0. The number of halogens is 1. The van der Waals surface area contributed by atoms with Crippen molar-refractivity contribution in [3.63, 3.8) is 0 Å². The van der Waals surface area contributed by atoms with Gasteiger partial charge in [0, 0.05) is 18.2 Å². The van der Waals surface area contributed by atoms with E-state index in [9.17, 15) is 10.1 Å². The first-order valence-corrected chi connectivity index (χ1v) is 11.4. The number of aromatic nitrogens is 4. The second-order valence-corrected chi connectivity index (χ2v) is 8.37. The monoisotopic (exact) mass is 483 g/mol. The van der Waals surface area contributed by atoms with E-state index in [1.165, 1.54) is 17.1 Å². The van der Waals surface area contributed by atoms with Gasteiger partial charge in [0.2, 0.25) is 0 Å². The van der Waals surface area contributed by atoms with Crippen molar-refractivity contribution in [2.75, 3.05) is 12.3 Å². The van der Waals surface area contributed by atoms with Crippen LogP contribution in [0.15, 0.2) is 66.5 Å². The molecular formula is C26H22FN7O2. The summed E-state index contributed by atoms with van der Waals surface area (Å²) < 4.78 is 22.4. The lowest BCUT2D eigenvalue weighted by Gasteiger charge is -2.07. The third-order valence-corrected chi connectivity index (χ3v) is 5.73. The second kappa shape index (κ2) is 9.84. The zero-order chi connectivity index (χ0) is 25.1. The van der Waals surface area contributed by atoms with Gasteiger partial charge in [-0.2, -0.15) is 10.4 Å². The number of nitriles is 1. The maximum atomic E-state index is 15.2. The van der Waals surface area contributed by atoms with Crippen LogP contribution >= 0.6 is 0 Å². The van der Waals surface area contributed by atoms with Crippen LogP contribution in [0.5, 0.6) is 11.5 Å². The van der Waals surface area contributed by atoms with E-state index in [1.807, 2.05) is 24.3 Å². The smallest absolute Gasteiger partial charge is 0.261 e. The van der Waals surface area contributed by atoms with Crippen molar-refractivity contribution in [2.24, 2.45) is 5.92 Å². The van der Waals surface area contributed by atoms with E-state index in [0.29, 0.717) is 28.5 Å². The molecule has 0 bridgehead atoms. The number of carbonyl (C=O) groups excluding carboxylic acids is 1. The maximum Gasteiger partial charge on any atom is 0.261 e. The Morgan fingerprint density at radius 1 is 1.22 bits per heavy atom. The number of carbonyl (C=O) groups is 1. The minimum absolute atomic E-state index is 0.106. The average molecular weight is 484 g/mol. The van der Waals surface area contributed by atoms with Gasteiger partial charge in [-0.25, -0.2) is 19.0 Å². The van der Waals surface area contributed by atoms with E-state index in [2.05, 4.69) is 20.4 Å². The minimum atomic E-state index is -0.546. The van der Waals surface area contributed by atoms with Crippen LogP contribution in [0.3, 0.4) is 0 Å². The number of hydrogen-bond donors (Lipinski definition) is 2. The van der Waals surface area contributed by atoms with Crippen molar-refractivity contribution >= 4 is 22.8 Å². The number of fused-ring (bicyclic) bond motifs is 1. The molecule has 1 amide bonds. The highest BCUT2D eigenvalue weighted by molar-refractivity contribution is 5.98. The van der Waals surface area contributed by atoms with Crippen molar-refractivity contribution in [1.82, 2.24) is 25.1 Å². The van der Waals surface area contributed by atoms with Gasteiger partial charge in [-0.05, 0) is 43.0 Å². The highest BCUT2D eigenvalue weighted by Gasteiger charge is 2.22. The molecule has 0 atom stereocenters. The highest BCUT2D eigenvalue weighted by atomic mass is 19.1. The Bertz CT molecular complexity index is 1500. The molecule has 0 unspecified atom stereocenters. The number of nitrogens with two attached hydrogens (primary N) is 1. The molecule has 3 N–H and O–H groups in total. The van der Waals surface area contributed by atoms with Crippen LogP contribution in [0.1, 0.15) is 12.8 Å². The Morgan fingerprint density at radius 3 is 2.75 bits per heavy atom. The average Bonchev–Trinajstić information content (AvgIpc) is 3.63. The summed E-state index contributed by atoms with van der Waals surface area (Å²) >= 11 is 0. The van der Waals surface area contributed by atoms with Gasteiger partial charge in [-0.1, -0.05) is 24.3 Å². The molecule has 0 radical (unpaired) electrons. The van der Waals surface area contributed by atoms with Crippen LogP contribution in [-0.2, 0) is 11.3 Å². The van der Waals surface area contributed by atoms with Crippen LogP contribution in [0.4, 0.5) is 10.2 Å². The number of anilines is 1. The number of para-hydroxylation sites is 1. The van der Waals surface area contributed by atoms with E-state index in [0.717, 1.165) is 12.8 Å². The fourth-order valence-electron chi connectivity index (χ4n) is 3.78. The molecule has 1 saturated carbocycles. The maximum absolute atomic E-state index is 15.2. The van der Waals surface area contributed by atoms with E-state index in [1.54, 1.807) is 30.3 Å². The Morgan fingerprint density at radius 2 is 2.03 bits per heavy atom. The summed E-state index contributed by atoms with van der Waals surface area (Å²) in [5.74, 6) is 0.414. The zero-order valence-electron chi connectivity index (χ0n) is 19.2. The zero-order valence-corrected chi connectivity index (χ0v) is 19.2. The normalized spacial score (nSPS) is 13.4. The lowest BCUT2D eigenvalue weighted by Crippen LogP contribution is -2.28. The fourth-order valence-corrected chi connectivity index (χ4v) is 3.78. The molecule has 2 aromatic heterocycles. The predicted octanol–water partition coefficient (Wildman–Crippen LogP) is 3.98. The van der Waals surface area contributed by atoms with E-state index in [-0.39, 0.29) is 35.7 Å². The molecule has 9 nitrogen and oxygen atoms in total. The molecule has 36 heavy (non-hydrogen) atoms. The first kappa shape index (κ1) is 23.0. The SMILES string of the molecule is N#C/C(=C\C1CC1)C(=O)NCCn1nc(-c2ccc(Oc3ccccc3)cc2F)c2c(N)ncnc21. The van der Waals surface area contributed by atoms with Crippen molar-refractivity contribution < 1.29 is 13.9 Å². The Labute approximate surface area is 206 Å². The first-order valence-electron chi connectivity index (χ1n) is 11.4. The third-order valence-electron chi connectivity index (χ3n) is 5.73. The molecule has 180 valence electrons. The van der Waals surface area contributed by atoms with E-state index >= 15 is 4.39 Å². The Balaban J connectivity index is 1.39. The van der Waals surface area contributed by atoms with Crippen LogP contribution < -0.4 is 15.8 Å². The van der Waals surface area contributed by atoms with Crippen molar-refractivity contribution in [2.45, 2.75) is 19.4 Å². The van der Waals surface area contributed by atoms with Gasteiger partial charge in [0.25, 0.3) is 5.91 Å². The molecule has 2 heterocycles. The summed E-state index contributed by atoms with van der Waals surface area (Å²) in [6, 6.07) is 15.5. The number of ether oxygens (including phenoxy) is 1.